The van der Waals surface area contributed by atoms with E-state index in [9.17, 15) is 9.90 Å². The van der Waals surface area contributed by atoms with Crippen molar-refractivity contribution >= 4 is 22.6 Å². The van der Waals surface area contributed by atoms with Gasteiger partial charge in [0.15, 0.2) is 0 Å². The van der Waals surface area contributed by atoms with Crippen molar-refractivity contribution < 1.29 is 19.1 Å². The Labute approximate surface area is 162 Å². The van der Waals surface area contributed by atoms with Crippen molar-refractivity contribution in [1.82, 2.24) is 5.32 Å². The lowest BCUT2D eigenvalue weighted by molar-refractivity contribution is 0.0854. The summed E-state index contributed by atoms with van der Waals surface area (Å²) in [5.41, 5.74) is 2.81. The summed E-state index contributed by atoms with van der Waals surface area (Å²) in [6.07, 6.45) is 2.02. The van der Waals surface area contributed by atoms with Gasteiger partial charge in [-0.05, 0) is 50.1 Å². The van der Waals surface area contributed by atoms with Gasteiger partial charge in [0.1, 0.15) is 16.9 Å². The number of nitrogens with one attached hydrogen (secondary N) is 1. The average Bonchev–Trinajstić information content (AvgIpc) is 3.21. The first-order valence-corrected chi connectivity index (χ1v) is 9.36. The smallest absolute Gasteiger partial charge is 0.256 e. The topological polar surface area (TPSA) is 84.1 Å². The summed E-state index contributed by atoms with van der Waals surface area (Å²) in [5, 5.41) is 13.4. The lowest BCUT2D eigenvalue weighted by atomic mass is 10.1. The number of aromatic hydroxyl groups is 1. The molecule has 1 fully saturated rings. The van der Waals surface area contributed by atoms with Gasteiger partial charge in [0, 0.05) is 24.6 Å². The number of fused-ring (bicyclic) bond motifs is 1. The minimum absolute atomic E-state index is 0.0516. The maximum Gasteiger partial charge on any atom is 0.256 e. The van der Waals surface area contributed by atoms with Crippen LogP contribution in [0.2, 0.25) is 0 Å². The molecule has 1 unspecified atom stereocenters. The Morgan fingerprint density at radius 1 is 1.21 bits per heavy atom. The Bertz CT molecular complexity index is 1060. The molecule has 144 valence electrons. The van der Waals surface area contributed by atoms with E-state index < -0.39 is 0 Å². The molecule has 1 aliphatic rings. The molecule has 1 aliphatic heterocycles. The Morgan fingerprint density at radius 3 is 2.79 bits per heavy atom. The summed E-state index contributed by atoms with van der Waals surface area (Å²) in [6, 6.07) is 14.1. The van der Waals surface area contributed by atoms with E-state index in [2.05, 4.69) is 10.3 Å². The second kappa shape index (κ2) is 7.86. The molecule has 6 nitrogen and oxygen atoms in total. The number of hydrogen-bond acceptors (Lipinski definition) is 5. The predicted molar refractivity (Wildman–Crippen MR) is 106 cm³/mol. The van der Waals surface area contributed by atoms with Crippen LogP contribution in [0.3, 0.4) is 0 Å². The molecule has 4 rings (SSSR count). The molecule has 1 saturated heterocycles. The molecule has 1 amide bonds. The van der Waals surface area contributed by atoms with Gasteiger partial charge in [-0.1, -0.05) is 17.7 Å². The number of carbonyl (C=O) groups is 1. The van der Waals surface area contributed by atoms with Crippen LogP contribution in [-0.2, 0) is 4.74 Å². The molecule has 0 aliphatic carbocycles. The van der Waals surface area contributed by atoms with E-state index in [1.807, 2.05) is 31.2 Å². The molecule has 6 heteroatoms. The first-order valence-electron chi connectivity index (χ1n) is 9.36. The second-order valence-electron chi connectivity index (χ2n) is 6.98. The Morgan fingerprint density at radius 2 is 2.04 bits per heavy atom. The normalized spacial score (nSPS) is 17.2. The second-order valence-corrected chi connectivity index (χ2v) is 6.98. The highest BCUT2D eigenvalue weighted by Crippen LogP contribution is 2.20. The maximum absolute atomic E-state index is 12.8. The molecule has 0 spiro atoms. The maximum atomic E-state index is 12.8. The number of hydrogen-bond donors (Lipinski definition) is 2. The van der Waals surface area contributed by atoms with Crippen molar-refractivity contribution in [2.45, 2.75) is 25.9 Å². The fourth-order valence-electron chi connectivity index (χ4n) is 3.20. The lowest BCUT2D eigenvalue weighted by Gasteiger charge is -2.11. The van der Waals surface area contributed by atoms with E-state index in [-0.39, 0.29) is 23.3 Å². The number of amides is 1. The van der Waals surface area contributed by atoms with Gasteiger partial charge in [0.05, 0.1) is 11.8 Å². The van der Waals surface area contributed by atoms with Crippen LogP contribution in [-0.4, -0.2) is 30.3 Å². The van der Waals surface area contributed by atoms with Crippen LogP contribution in [0, 0.1) is 6.92 Å². The number of phenols is 1. The van der Waals surface area contributed by atoms with Crippen LogP contribution < -0.4 is 10.9 Å². The molecule has 2 N–H and O–H groups in total. The minimum Gasteiger partial charge on any atom is -0.508 e. The molecule has 0 bridgehead atoms. The van der Waals surface area contributed by atoms with Crippen molar-refractivity contribution in [1.29, 1.82) is 0 Å². The summed E-state index contributed by atoms with van der Waals surface area (Å²) in [7, 11) is 0. The third kappa shape index (κ3) is 4.07. The Hall–Kier alpha value is -3.12. The predicted octanol–water partition coefficient (Wildman–Crippen LogP) is 3.59. The summed E-state index contributed by atoms with van der Waals surface area (Å²) < 4.78 is 11.5. The summed E-state index contributed by atoms with van der Waals surface area (Å²) in [5.74, 6) is -0.173. The van der Waals surface area contributed by atoms with E-state index in [1.54, 1.807) is 18.2 Å². The summed E-state index contributed by atoms with van der Waals surface area (Å²) >= 11 is 0. The molecular formula is C22H22N2O4. The lowest BCUT2D eigenvalue weighted by Crippen LogP contribution is -2.34. The zero-order chi connectivity index (χ0) is 19.5. The van der Waals surface area contributed by atoms with Gasteiger partial charge in [0.2, 0.25) is 5.55 Å². The van der Waals surface area contributed by atoms with Gasteiger partial charge in [-0.25, -0.2) is 4.99 Å². The van der Waals surface area contributed by atoms with E-state index >= 15 is 0 Å². The number of rotatable bonds is 4. The number of benzene rings is 2. The SMILES string of the molecule is Cc1ccc(N=c2oc3cc(O)ccc3cc2C(=O)NCC2CCCO2)cc1. The molecule has 2 aromatic carbocycles. The first kappa shape index (κ1) is 18.3. The van der Waals surface area contributed by atoms with E-state index in [0.29, 0.717) is 28.8 Å². The Kier molecular flexibility index (Phi) is 5.12. The highest BCUT2D eigenvalue weighted by Gasteiger charge is 2.18. The zero-order valence-corrected chi connectivity index (χ0v) is 15.6. The third-order valence-electron chi connectivity index (χ3n) is 4.76. The van der Waals surface area contributed by atoms with Crippen molar-refractivity contribution in [3.8, 4) is 5.75 Å². The molecular weight excluding hydrogens is 356 g/mol. The van der Waals surface area contributed by atoms with Crippen molar-refractivity contribution in [2.75, 3.05) is 13.2 Å². The zero-order valence-electron chi connectivity index (χ0n) is 15.6. The van der Waals surface area contributed by atoms with Gasteiger partial charge in [0.25, 0.3) is 5.91 Å². The van der Waals surface area contributed by atoms with E-state index in [1.165, 1.54) is 6.07 Å². The number of nitrogens with zero attached hydrogens (tertiary/aromatic N) is 1. The van der Waals surface area contributed by atoms with Crippen molar-refractivity contribution in [3.63, 3.8) is 0 Å². The van der Waals surface area contributed by atoms with E-state index in [4.69, 9.17) is 9.15 Å². The standard InChI is InChI=1S/C22H22N2O4/c1-14-4-7-16(8-5-14)24-22-19(21(26)23-13-18-3-2-10-27-18)11-15-6-9-17(25)12-20(15)28-22/h4-9,11-12,18,25H,2-3,10,13H2,1H3,(H,23,26). The third-order valence-corrected chi connectivity index (χ3v) is 4.76. The molecule has 28 heavy (non-hydrogen) atoms. The van der Waals surface area contributed by atoms with Gasteiger partial charge in [-0.2, -0.15) is 0 Å². The van der Waals surface area contributed by atoms with Gasteiger partial charge < -0.3 is 19.6 Å². The summed E-state index contributed by atoms with van der Waals surface area (Å²) in [6.45, 7) is 3.19. The molecule has 0 radical (unpaired) electrons. The van der Waals surface area contributed by atoms with Crippen molar-refractivity contribution in [3.05, 3.63) is 65.2 Å². The highest BCUT2D eigenvalue weighted by molar-refractivity contribution is 5.96. The monoisotopic (exact) mass is 378 g/mol. The summed E-state index contributed by atoms with van der Waals surface area (Å²) in [4.78, 5) is 17.4. The minimum atomic E-state index is -0.264. The molecule has 2 heterocycles. The quantitative estimate of drug-likeness (QED) is 0.727. The van der Waals surface area contributed by atoms with Crippen LogP contribution in [0.4, 0.5) is 5.69 Å². The number of carbonyl (C=O) groups excluding carboxylic acids is 1. The number of phenolic OH excluding ortho intramolecular Hbond substituents is 1. The molecule has 1 aromatic heterocycles. The van der Waals surface area contributed by atoms with Crippen LogP contribution >= 0.6 is 0 Å². The van der Waals surface area contributed by atoms with E-state index in [0.717, 1.165) is 25.0 Å². The molecule has 3 aromatic rings. The highest BCUT2D eigenvalue weighted by atomic mass is 16.5. The average molecular weight is 378 g/mol. The molecule has 1 atom stereocenters. The fourth-order valence-corrected chi connectivity index (χ4v) is 3.20. The van der Waals surface area contributed by atoms with Gasteiger partial charge in [-0.15, -0.1) is 0 Å². The van der Waals surface area contributed by atoms with Gasteiger partial charge in [-0.3, -0.25) is 4.79 Å². The number of ether oxygens (including phenoxy) is 1. The molecule has 0 saturated carbocycles. The fraction of sp³-hybridized carbons (Fsp3) is 0.273. The van der Waals surface area contributed by atoms with Crippen LogP contribution in [0.1, 0.15) is 28.8 Å². The van der Waals surface area contributed by atoms with Crippen molar-refractivity contribution in [2.24, 2.45) is 4.99 Å². The Balaban J connectivity index is 1.74. The van der Waals surface area contributed by atoms with Gasteiger partial charge >= 0.3 is 0 Å². The number of aryl methyl sites for hydroxylation is 1. The van der Waals surface area contributed by atoms with Crippen LogP contribution in [0.5, 0.6) is 5.75 Å². The van der Waals surface area contributed by atoms with Crippen LogP contribution in [0.25, 0.3) is 11.0 Å². The largest absolute Gasteiger partial charge is 0.508 e. The van der Waals surface area contributed by atoms with Crippen LogP contribution in [0.15, 0.2) is 57.9 Å². The first-order chi connectivity index (χ1) is 13.6.